The summed E-state index contributed by atoms with van der Waals surface area (Å²) < 4.78 is 0. The summed E-state index contributed by atoms with van der Waals surface area (Å²) in [7, 11) is 1.97. The Morgan fingerprint density at radius 1 is 1.33 bits per heavy atom. The third kappa shape index (κ3) is 2.64. The molecule has 0 saturated heterocycles. The zero-order chi connectivity index (χ0) is 8.81. The van der Waals surface area contributed by atoms with Gasteiger partial charge in [0.25, 0.3) is 0 Å². The number of nitrogens with one attached hydrogen (secondary N) is 1. The molecule has 0 aliphatic heterocycles. The van der Waals surface area contributed by atoms with E-state index in [1.54, 1.807) is 0 Å². The lowest BCUT2D eigenvalue weighted by Crippen LogP contribution is -2.10. The molecule has 0 bridgehead atoms. The van der Waals surface area contributed by atoms with Crippen LogP contribution in [0.15, 0.2) is 24.3 Å². The Kier molecular flexibility index (Phi) is 3.77. The molecule has 1 aromatic carbocycles. The van der Waals surface area contributed by atoms with Gasteiger partial charge in [-0.1, -0.05) is 24.3 Å². The molecule has 3 N–H and O–H groups in total. The number of hydrogen-bond donors (Lipinski definition) is 2. The van der Waals surface area contributed by atoms with Crippen molar-refractivity contribution in [3.63, 3.8) is 0 Å². The van der Waals surface area contributed by atoms with Gasteiger partial charge in [-0.15, -0.1) is 0 Å². The van der Waals surface area contributed by atoms with Crippen molar-refractivity contribution >= 4 is 0 Å². The van der Waals surface area contributed by atoms with Crippen molar-refractivity contribution in [3.05, 3.63) is 35.4 Å². The summed E-state index contributed by atoms with van der Waals surface area (Å²) in [6.45, 7) is 1.65. The minimum absolute atomic E-state index is 0.632. The molecule has 0 aromatic heterocycles. The van der Waals surface area contributed by atoms with Crippen LogP contribution in [0.1, 0.15) is 11.1 Å². The zero-order valence-electron chi connectivity index (χ0n) is 7.51. The quantitative estimate of drug-likeness (QED) is 0.694. The van der Waals surface area contributed by atoms with Crippen molar-refractivity contribution in [2.24, 2.45) is 5.73 Å². The SMILES string of the molecule is CNCCc1cccc(CN)c1. The highest BCUT2D eigenvalue weighted by atomic mass is 14.8. The summed E-state index contributed by atoms with van der Waals surface area (Å²) in [5, 5.41) is 3.12. The monoisotopic (exact) mass is 164 g/mol. The van der Waals surface area contributed by atoms with Gasteiger partial charge in [-0.25, -0.2) is 0 Å². The summed E-state index contributed by atoms with van der Waals surface area (Å²) >= 11 is 0. The molecule has 12 heavy (non-hydrogen) atoms. The third-order valence-electron chi connectivity index (χ3n) is 1.89. The first-order valence-corrected chi connectivity index (χ1v) is 4.29. The van der Waals surface area contributed by atoms with Gasteiger partial charge in [0.15, 0.2) is 0 Å². The van der Waals surface area contributed by atoms with E-state index >= 15 is 0 Å². The molecule has 1 rings (SSSR count). The van der Waals surface area contributed by atoms with Crippen LogP contribution in [0.25, 0.3) is 0 Å². The fraction of sp³-hybridized carbons (Fsp3) is 0.400. The van der Waals surface area contributed by atoms with Gasteiger partial charge in [-0.3, -0.25) is 0 Å². The van der Waals surface area contributed by atoms with E-state index in [0.717, 1.165) is 13.0 Å². The van der Waals surface area contributed by atoms with Crippen molar-refractivity contribution in [2.75, 3.05) is 13.6 Å². The standard InChI is InChI=1S/C10H16N2/c1-12-6-5-9-3-2-4-10(7-9)8-11/h2-4,7,12H,5-6,8,11H2,1H3. The molecule has 0 fully saturated rings. The van der Waals surface area contributed by atoms with Gasteiger partial charge in [0.05, 0.1) is 0 Å². The highest BCUT2D eigenvalue weighted by molar-refractivity contribution is 5.23. The minimum Gasteiger partial charge on any atom is -0.326 e. The molecule has 0 heterocycles. The first kappa shape index (κ1) is 9.23. The molecular formula is C10H16N2. The number of rotatable bonds is 4. The zero-order valence-corrected chi connectivity index (χ0v) is 7.51. The molecule has 0 atom stereocenters. The Morgan fingerprint density at radius 3 is 2.75 bits per heavy atom. The van der Waals surface area contributed by atoms with E-state index in [9.17, 15) is 0 Å². The fourth-order valence-corrected chi connectivity index (χ4v) is 1.18. The van der Waals surface area contributed by atoms with Crippen LogP contribution in [0.4, 0.5) is 0 Å². The predicted octanol–water partition coefficient (Wildman–Crippen LogP) is 0.907. The molecule has 0 amide bonds. The summed E-state index contributed by atoms with van der Waals surface area (Å²) in [5.41, 5.74) is 8.10. The fourth-order valence-electron chi connectivity index (χ4n) is 1.18. The Morgan fingerprint density at radius 2 is 2.08 bits per heavy atom. The van der Waals surface area contributed by atoms with E-state index in [1.165, 1.54) is 11.1 Å². The van der Waals surface area contributed by atoms with Crippen molar-refractivity contribution in [1.29, 1.82) is 0 Å². The van der Waals surface area contributed by atoms with Gasteiger partial charge in [-0.2, -0.15) is 0 Å². The molecule has 0 saturated carbocycles. The Balaban J connectivity index is 2.60. The second kappa shape index (κ2) is 4.91. The summed E-state index contributed by atoms with van der Waals surface area (Å²) in [4.78, 5) is 0. The average Bonchev–Trinajstić information content (AvgIpc) is 2.15. The van der Waals surface area contributed by atoms with Crippen molar-refractivity contribution in [1.82, 2.24) is 5.32 Å². The van der Waals surface area contributed by atoms with Gasteiger partial charge in [0.1, 0.15) is 0 Å². The van der Waals surface area contributed by atoms with Crippen LogP contribution in [0.3, 0.4) is 0 Å². The number of likely N-dealkylation sites (N-methyl/N-ethyl adjacent to an activating group) is 1. The lowest BCUT2D eigenvalue weighted by molar-refractivity contribution is 0.790. The molecule has 1 aromatic rings. The predicted molar refractivity (Wildman–Crippen MR) is 52.0 cm³/mol. The number of benzene rings is 1. The van der Waals surface area contributed by atoms with E-state index in [4.69, 9.17) is 5.73 Å². The van der Waals surface area contributed by atoms with Gasteiger partial charge in [0.2, 0.25) is 0 Å². The normalized spacial score (nSPS) is 10.2. The van der Waals surface area contributed by atoms with E-state index in [1.807, 2.05) is 7.05 Å². The maximum atomic E-state index is 5.53. The molecule has 0 aliphatic carbocycles. The van der Waals surface area contributed by atoms with Gasteiger partial charge < -0.3 is 11.1 Å². The van der Waals surface area contributed by atoms with Crippen molar-refractivity contribution in [3.8, 4) is 0 Å². The Hall–Kier alpha value is -0.860. The van der Waals surface area contributed by atoms with E-state index in [-0.39, 0.29) is 0 Å². The topological polar surface area (TPSA) is 38.0 Å². The molecule has 0 radical (unpaired) electrons. The van der Waals surface area contributed by atoms with Gasteiger partial charge >= 0.3 is 0 Å². The molecule has 0 unspecified atom stereocenters. The first-order chi connectivity index (χ1) is 5.86. The molecule has 2 heteroatoms. The van der Waals surface area contributed by atoms with Crippen LogP contribution in [0, 0.1) is 0 Å². The average molecular weight is 164 g/mol. The molecule has 0 aliphatic rings. The van der Waals surface area contributed by atoms with E-state index in [0.29, 0.717) is 6.54 Å². The summed E-state index contributed by atoms with van der Waals surface area (Å²) in [5.74, 6) is 0. The van der Waals surface area contributed by atoms with Crippen LogP contribution in [-0.2, 0) is 13.0 Å². The largest absolute Gasteiger partial charge is 0.326 e. The maximum Gasteiger partial charge on any atom is 0.0178 e. The minimum atomic E-state index is 0.632. The highest BCUT2D eigenvalue weighted by Crippen LogP contribution is 2.04. The van der Waals surface area contributed by atoms with Crippen LogP contribution >= 0.6 is 0 Å². The number of hydrogen-bond acceptors (Lipinski definition) is 2. The third-order valence-corrected chi connectivity index (χ3v) is 1.89. The lowest BCUT2D eigenvalue weighted by atomic mass is 10.1. The van der Waals surface area contributed by atoms with E-state index in [2.05, 4.69) is 29.6 Å². The Labute approximate surface area is 73.8 Å². The molecule has 2 nitrogen and oxygen atoms in total. The van der Waals surface area contributed by atoms with Crippen LogP contribution in [-0.4, -0.2) is 13.6 Å². The van der Waals surface area contributed by atoms with Crippen LogP contribution < -0.4 is 11.1 Å². The van der Waals surface area contributed by atoms with E-state index < -0.39 is 0 Å². The van der Waals surface area contributed by atoms with Gasteiger partial charge in [0, 0.05) is 6.54 Å². The van der Waals surface area contributed by atoms with Crippen LogP contribution in [0.2, 0.25) is 0 Å². The molecular weight excluding hydrogens is 148 g/mol. The molecule has 0 spiro atoms. The highest BCUT2D eigenvalue weighted by Gasteiger charge is 1.93. The smallest absolute Gasteiger partial charge is 0.0178 e. The lowest BCUT2D eigenvalue weighted by Gasteiger charge is -2.02. The molecule has 66 valence electrons. The second-order valence-corrected chi connectivity index (χ2v) is 2.88. The summed E-state index contributed by atoms with van der Waals surface area (Å²) in [6.07, 6.45) is 1.07. The Bertz CT molecular complexity index is 233. The second-order valence-electron chi connectivity index (χ2n) is 2.88. The van der Waals surface area contributed by atoms with Crippen molar-refractivity contribution < 1.29 is 0 Å². The maximum absolute atomic E-state index is 5.53. The van der Waals surface area contributed by atoms with Gasteiger partial charge in [-0.05, 0) is 31.1 Å². The number of nitrogens with two attached hydrogens (primary N) is 1. The van der Waals surface area contributed by atoms with Crippen molar-refractivity contribution in [2.45, 2.75) is 13.0 Å². The summed E-state index contributed by atoms with van der Waals surface area (Å²) in [6, 6.07) is 8.42. The van der Waals surface area contributed by atoms with Crippen LogP contribution in [0.5, 0.6) is 0 Å². The first-order valence-electron chi connectivity index (χ1n) is 4.29.